The predicted octanol–water partition coefficient (Wildman–Crippen LogP) is 4.47. The number of aromatic nitrogens is 2. The molecule has 0 atom stereocenters. The molecule has 0 aliphatic heterocycles. The van der Waals surface area contributed by atoms with Crippen molar-refractivity contribution in [2.75, 3.05) is 17.7 Å². The third kappa shape index (κ3) is 5.07. The van der Waals surface area contributed by atoms with Crippen LogP contribution in [0.3, 0.4) is 0 Å². The van der Waals surface area contributed by atoms with E-state index in [1.807, 2.05) is 48.5 Å². The molecule has 0 bridgehead atoms. The second kappa shape index (κ2) is 8.99. The van der Waals surface area contributed by atoms with Crippen molar-refractivity contribution in [1.29, 1.82) is 0 Å². The summed E-state index contributed by atoms with van der Waals surface area (Å²) in [6.45, 7) is 4.87. The van der Waals surface area contributed by atoms with Crippen molar-refractivity contribution in [3.8, 4) is 5.75 Å². The van der Waals surface area contributed by atoms with Crippen molar-refractivity contribution in [2.24, 2.45) is 0 Å². The molecule has 0 aliphatic rings. The summed E-state index contributed by atoms with van der Waals surface area (Å²) in [5.41, 5.74) is 3.32. The van der Waals surface area contributed by atoms with Gasteiger partial charge in [-0.3, -0.25) is 4.79 Å². The van der Waals surface area contributed by atoms with Crippen molar-refractivity contribution >= 4 is 17.4 Å². The molecule has 6 nitrogen and oxygen atoms in total. The van der Waals surface area contributed by atoms with Gasteiger partial charge in [-0.1, -0.05) is 38.1 Å². The number of hydrogen-bond donors (Lipinski definition) is 2. The number of rotatable bonds is 7. The average molecular weight is 376 g/mol. The SMILES string of the molecule is COc1ccc(CNc2ccc(C(=O)Nc3ccc(C(C)C)cc3)nn2)cc1. The van der Waals surface area contributed by atoms with E-state index in [4.69, 9.17) is 4.74 Å². The topological polar surface area (TPSA) is 76.1 Å². The normalized spacial score (nSPS) is 10.6. The predicted molar refractivity (Wildman–Crippen MR) is 111 cm³/mol. The number of hydrogen-bond acceptors (Lipinski definition) is 5. The summed E-state index contributed by atoms with van der Waals surface area (Å²) in [5.74, 6) is 1.59. The van der Waals surface area contributed by atoms with Gasteiger partial charge in [-0.05, 0) is 53.4 Å². The first-order valence-corrected chi connectivity index (χ1v) is 9.17. The lowest BCUT2D eigenvalue weighted by Gasteiger charge is -2.09. The van der Waals surface area contributed by atoms with E-state index in [0.717, 1.165) is 17.0 Å². The fourth-order valence-electron chi connectivity index (χ4n) is 2.63. The van der Waals surface area contributed by atoms with E-state index in [-0.39, 0.29) is 11.6 Å². The molecule has 0 spiro atoms. The van der Waals surface area contributed by atoms with Crippen LogP contribution in [0.15, 0.2) is 60.7 Å². The van der Waals surface area contributed by atoms with Crippen LogP contribution in [0.2, 0.25) is 0 Å². The third-order valence-electron chi connectivity index (χ3n) is 4.37. The number of carbonyl (C=O) groups excluding carboxylic acids is 1. The van der Waals surface area contributed by atoms with Gasteiger partial charge in [0, 0.05) is 12.2 Å². The van der Waals surface area contributed by atoms with Crippen molar-refractivity contribution < 1.29 is 9.53 Å². The zero-order valence-electron chi connectivity index (χ0n) is 16.3. The monoisotopic (exact) mass is 376 g/mol. The minimum Gasteiger partial charge on any atom is -0.497 e. The maximum Gasteiger partial charge on any atom is 0.276 e. The lowest BCUT2D eigenvalue weighted by atomic mass is 10.0. The molecule has 0 saturated carbocycles. The van der Waals surface area contributed by atoms with Gasteiger partial charge in [0.1, 0.15) is 11.6 Å². The van der Waals surface area contributed by atoms with Gasteiger partial charge in [0.15, 0.2) is 5.69 Å². The molecule has 6 heteroatoms. The summed E-state index contributed by atoms with van der Waals surface area (Å²) in [6, 6.07) is 19.0. The second-order valence-corrected chi connectivity index (χ2v) is 6.74. The van der Waals surface area contributed by atoms with E-state index in [2.05, 4.69) is 34.7 Å². The smallest absolute Gasteiger partial charge is 0.276 e. The summed E-state index contributed by atoms with van der Waals surface area (Å²) in [5, 5.41) is 14.1. The fourth-order valence-corrected chi connectivity index (χ4v) is 2.63. The van der Waals surface area contributed by atoms with E-state index in [0.29, 0.717) is 18.3 Å². The molecule has 144 valence electrons. The molecule has 3 rings (SSSR count). The van der Waals surface area contributed by atoms with Crippen LogP contribution in [-0.4, -0.2) is 23.2 Å². The van der Waals surface area contributed by atoms with Gasteiger partial charge in [0.25, 0.3) is 5.91 Å². The Balaban J connectivity index is 1.56. The maximum absolute atomic E-state index is 12.3. The molecule has 28 heavy (non-hydrogen) atoms. The quantitative estimate of drug-likeness (QED) is 0.636. The summed E-state index contributed by atoms with van der Waals surface area (Å²) >= 11 is 0. The zero-order valence-corrected chi connectivity index (χ0v) is 16.3. The van der Waals surface area contributed by atoms with Crippen LogP contribution in [0, 0.1) is 0 Å². The molecule has 2 aromatic carbocycles. The molecule has 0 saturated heterocycles. The number of benzene rings is 2. The molecule has 0 radical (unpaired) electrons. The van der Waals surface area contributed by atoms with Crippen LogP contribution in [0.25, 0.3) is 0 Å². The van der Waals surface area contributed by atoms with Crippen LogP contribution >= 0.6 is 0 Å². The Morgan fingerprint density at radius 1 is 0.964 bits per heavy atom. The van der Waals surface area contributed by atoms with Gasteiger partial charge >= 0.3 is 0 Å². The molecule has 0 fully saturated rings. The highest BCUT2D eigenvalue weighted by molar-refractivity contribution is 6.02. The van der Waals surface area contributed by atoms with Crippen LogP contribution in [0.5, 0.6) is 5.75 Å². The number of ether oxygens (including phenoxy) is 1. The Bertz CT molecular complexity index is 905. The van der Waals surface area contributed by atoms with Crippen molar-refractivity contribution in [3.05, 3.63) is 77.5 Å². The van der Waals surface area contributed by atoms with E-state index in [9.17, 15) is 4.79 Å². The molecule has 3 aromatic rings. The molecule has 0 aliphatic carbocycles. The number of anilines is 2. The van der Waals surface area contributed by atoms with Gasteiger partial charge in [-0.25, -0.2) is 0 Å². The molecule has 1 aromatic heterocycles. The molecule has 1 amide bonds. The second-order valence-electron chi connectivity index (χ2n) is 6.74. The maximum atomic E-state index is 12.3. The van der Waals surface area contributed by atoms with Crippen LogP contribution in [0.4, 0.5) is 11.5 Å². The largest absolute Gasteiger partial charge is 0.497 e. The van der Waals surface area contributed by atoms with E-state index < -0.39 is 0 Å². The Morgan fingerprint density at radius 3 is 2.25 bits per heavy atom. The molecule has 2 N–H and O–H groups in total. The summed E-state index contributed by atoms with van der Waals surface area (Å²) < 4.78 is 5.15. The number of methoxy groups -OCH3 is 1. The fraction of sp³-hybridized carbons (Fsp3) is 0.227. The third-order valence-corrected chi connectivity index (χ3v) is 4.37. The van der Waals surface area contributed by atoms with Gasteiger partial charge in [-0.2, -0.15) is 0 Å². The number of nitrogens with zero attached hydrogens (tertiary/aromatic N) is 2. The Morgan fingerprint density at radius 2 is 1.68 bits per heavy atom. The van der Waals surface area contributed by atoms with Crippen molar-refractivity contribution in [3.63, 3.8) is 0 Å². The Labute approximate surface area is 165 Å². The molecule has 0 unspecified atom stereocenters. The summed E-state index contributed by atoms with van der Waals surface area (Å²) in [6.07, 6.45) is 0. The molecular weight excluding hydrogens is 352 g/mol. The van der Waals surface area contributed by atoms with Gasteiger partial charge in [-0.15, -0.1) is 10.2 Å². The first kappa shape index (κ1) is 19.4. The highest BCUT2D eigenvalue weighted by Crippen LogP contribution is 2.18. The molecular formula is C22H24N4O2. The van der Waals surface area contributed by atoms with E-state index >= 15 is 0 Å². The molecule has 1 heterocycles. The Kier molecular flexibility index (Phi) is 6.22. The average Bonchev–Trinajstić information content (AvgIpc) is 2.73. The highest BCUT2D eigenvalue weighted by atomic mass is 16.5. The Hall–Kier alpha value is -3.41. The van der Waals surface area contributed by atoms with E-state index in [1.54, 1.807) is 19.2 Å². The van der Waals surface area contributed by atoms with Gasteiger partial charge in [0.05, 0.1) is 7.11 Å². The van der Waals surface area contributed by atoms with Crippen LogP contribution in [0.1, 0.15) is 41.4 Å². The number of amides is 1. The van der Waals surface area contributed by atoms with Gasteiger partial charge in [0.2, 0.25) is 0 Å². The first-order valence-electron chi connectivity index (χ1n) is 9.17. The van der Waals surface area contributed by atoms with E-state index in [1.165, 1.54) is 5.56 Å². The summed E-state index contributed by atoms with van der Waals surface area (Å²) in [4.78, 5) is 12.3. The standard InChI is InChI=1S/C22H24N4O2/c1-15(2)17-6-8-18(9-7-17)24-22(27)20-12-13-21(26-25-20)23-14-16-4-10-19(28-3)11-5-16/h4-13,15H,14H2,1-3H3,(H,23,26)(H,24,27). The van der Waals surface area contributed by atoms with Crippen LogP contribution < -0.4 is 15.4 Å². The highest BCUT2D eigenvalue weighted by Gasteiger charge is 2.09. The first-order chi connectivity index (χ1) is 13.5. The van der Waals surface area contributed by atoms with Crippen LogP contribution in [-0.2, 0) is 6.54 Å². The van der Waals surface area contributed by atoms with Crippen molar-refractivity contribution in [1.82, 2.24) is 10.2 Å². The minimum atomic E-state index is -0.286. The minimum absolute atomic E-state index is 0.267. The lowest BCUT2D eigenvalue weighted by molar-refractivity contribution is 0.102. The zero-order chi connectivity index (χ0) is 19.9. The lowest BCUT2D eigenvalue weighted by Crippen LogP contribution is -2.15. The number of nitrogens with one attached hydrogen (secondary N) is 2. The van der Waals surface area contributed by atoms with Crippen molar-refractivity contribution in [2.45, 2.75) is 26.3 Å². The van der Waals surface area contributed by atoms with Gasteiger partial charge < -0.3 is 15.4 Å². The summed E-state index contributed by atoms with van der Waals surface area (Å²) in [7, 11) is 1.64. The number of carbonyl (C=O) groups is 1.